The number of aliphatic hydroxyl groups is 1. The van der Waals surface area contributed by atoms with E-state index >= 15 is 0 Å². The highest BCUT2D eigenvalue weighted by Gasteiger charge is 2.35. The van der Waals surface area contributed by atoms with Crippen molar-refractivity contribution in [2.75, 3.05) is 12.8 Å². The fraction of sp³-hybridized carbons (Fsp3) is 0.321. The maximum Gasteiger partial charge on any atom is 0.336 e. The predicted molar refractivity (Wildman–Crippen MR) is 136 cm³/mol. The van der Waals surface area contributed by atoms with Gasteiger partial charge in [-0.05, 0) is 54.7 Å². The number of ether oxygens (including phenoxy) is 2. The Balaban J connectivity index is 1.56. The minimum atomic E-state index is -1.35. The van der Waals surface area contributed by atoms with Crippen LogP contribution < -0.4 is 10.5 Å². The Hall–Kier alpha value is -2.96. The maximum atomic E-state index is 13.3. The first-order valence-corrected chi connectivity index (χ1v) is 12.5. The molecular formula is C28H31NO4S. The van der Waals surface area contributed by atoms with E-state index in [1.807, 2.05) is 66.7 Å². The Bertz CT molecular complexity index is 1070. The van der Waals surface area contributed by atoms with Gasteiger partial charge < -0.3 is 20.3 Å². The van der Waals surface area contributed by atoms with E-state index in [0.717, 1.165) is 36.1 Å². The van der Waals surface area contributed by atoms with Crippen molar-refractivity contribution >= 4 is 23.4 Å². The van der Waals surface area contributed by atoms with Crippen molar-refractivity contribution in [3.05, 3.63) is 90.0 Å². The molecule has 3 aromatic rings. The van der Waals surface area contributed by atoms with E-state index in [9.17, 15) is 9.90 Å². The lowest BCUT2D eigenvalue weighted by Crippen LogP contribution is -2.35. The summed E-state index contributed by atoms with van der Waals surface area (Å²) in [7, 11) is 1.60. The summed E-state index contributed by atoms with van der Waals surface area (Å²) in [4.78, 5) is 14.1. The summed E-state index contributed by atoms with van der Waals surface area (Å²) < 4.78 is 11.2. The van der Waals surface area contributed by atoms with E-state index in [-0.39, 0.29) is 12.0 Å². The summed E-state index contributed by atoms with van der Waals surface area (Å²) in [6.07, 6.45) is 2.28. The number of nitrogen functional groups attached to an aromatic ring is 1. The maximum absolute atomic E-state index is 13.3. The van der Waals surface area contributed by atoms with Gasteiger partial charge in [0.15, 0.2) is 6.10 Å². The van der Waals surface area contributed by atoms with Crippen LogP contribution in [0.5, 0.6) is 5.75 Å². The second kappa shape index (κ2) is 11.4. The number of aliphatic hydroxyl groups excluding tert-OH is 1. The lowest BCUT2D eigenvalue weighted by Gasteiger charge is -2.33. The van der Waals surface area contributed by atoms with Crippen molar-refractivity contribution in [3.63, 3.8) is 0 Å². The molecule has 4 atom stereocenters. The van der Waals surface area contributed by atoms with Gasteiger partial charge in [0, 0.05) is 16.5 Å². The summed E-state index contributed by atoms with van der Waals surface area (Å²) in [5.41, 5.74) is 8.73. The number of esters is 1. The number of methoxy groups -OCH3 is 1. The third-order valence-corrected chi connectivity index (χ3v) is 7.75. The average Bonchev–Trinajstić information content (AvgIpc) is 2.89. The molecule has 0 unspecified atom stereocenters. The van der Waals surface area contributed by atoms with E-state index in [1.54, 1.807) is 7.11 Å². The normalized spacial score (nSPS) is 19.7. The van der Waals surface area contributed by atoms with E-state index in [2.05, 4.69) is 12.1 Å². The lowest BCUT2D eigenvalue weighted by atomic mass is 9.81. The zero-order valence-corrected chi connectivity index (χ0v) is 20.1. The van der Waals surface area contributed by atoms with Crippen LogP contribution in [0.15, 0.2) is 83.8 Å². The highest BCUT2D eigenvalue weighted by Crippen LogP contribution is 2.42. The number of carbonyl (C=O) groups excluding carboxylic acids is 1. The molecule has 1 fully saturated rings. The molecule has 178 valence electrons. The number of anilines is 1. The summed E-state index contributed by atoms with van der Waals surface area (Å²) in [6, 6.07) is 25.0. The van der Waals surface area contributed by atoms with Crippen LogP contribution >= 0.6 is 11.8 Å². The van der Waals surface area contributed by atoms with Crippen LogP contribution in [0.4, 0.5) is 5.69 Å². The smallest absolute Gasteiger partial charge is 0.336 e. The molecule has 0 amide bonds. The predicted octanol–water partition coefficient (Wildman–Crippen LogP) is 5.74. The van der Waals surface area contributed by atoms with Crippen molar-refractivity contribution in [1.82, 2.24) is 0 Å². The Morgan fingerprint density at radius 3 is 2.35 bits per heavy atom. The second-order valence-corrected chi connectivity index (χ2v) is 9.75. The number of hydrogen-bond donors (Lipinski definition) is 2. The highest BCUT2D eigenvalue weighted by atomic mass is 32.2. The van der Waals surface area contributed by atoms with Crippen molar-refractivity contribution < 1.29 is 19.4 Å². The average molecular weight is 478 g/mol. The van der Waals surface area contributed by atoms with Crippen molar-refractivity contribution in [2.45, 2.75) is 54.0 Å². The van der Waals surface area contributed by atoms with Crippen LogP contribution in [0.3, 0.4) is 0 Å². The van der Waals surface area contributed by atoms with Gasteiger partial charge in [-0.25, -0.2) is 4.79 Å². The van der Waals surface area contributed by atoms with Crippen LogP contribution in [-0.2, 0) is 9.53 Å². The number of hydrogen-bond acceptors (Lipinski definition) is 6. The summed E-state index contributed by atoms with van der Waals surface area (Å²) in [5, 5.41) is 10.6. The Labute approximate surface area is 205 Å². The van der Waals surface area contributed by atoms with Crippen LogP contribution in [0.25, 0.3) is 0 Å². The van der Waals surface area contributed by atoms with Gasteiger partial charge >= 0.3 is 5.97 Å². The van der Waals surface area contributed by atoms with Gasteiger partial charge in [0.2, 0.25) is 0 Å². The molecule has 0 spiro atoms. The number of benzene rings is 3. The Kier molecular flexibility index (Phi) is 8.14. The Morgan fingerprint density at radius 2 is 1.65 bits per heavy atom. The van der Waals surface area contributed by atoms with Crippen molar-refractivity contribution in [2.24, 2.45) is 0 Å². The van der Waals surface area contributed by atoms with Crippen LogP contribution in [0.1, 0.15) is 48.0 Å². The molecule has 0 aromatic heterocycles. The van der Waals surface area contributed by atoms with Gasteiger partial charge in [-0.2, -0.15) is 0 Å². The third kappa shape index (κ3) is 5.75. The monoisotopic (exact) mass is 477 g/mol. The summed E-state index contributed by atoms with van der Waals surface area (Å²) in [6.45, 7) is 0. The molecule has 0 saturated heterocycles. The third-order valence-electron chi connectivity index (χ3n) is 6.34. The molecule has 1 saturated carbocycles. The molecule has 34 heavy (non-hydrogen) atoms. The topological polar surface area (TPSA) is 81.8 Å². The van der Waals surface area contributed by atoms with Crippen molar-refractivity contribution in [1.29, 1.82) is 0 Å². The molecular weight excluding hydrogens is 446 g/mol. The summed E-state index contributed by atoms with van der Waals surface area (Å²) in [5.74, 6) is 0.246. The van der Waals surface area contributed by atoms with Crippen molar-refractivity contribution in [3.8, 4) is 5.75 Å². The number of nitrogens with two attached hydrogens (primary N) is 1. The van der Waals surface area contributed by atoms with Crippen LogP contribution in [0, 0.1) is 0 Å². The van der Waals surface area contributed by atoms with E-state index in [1.165, 1.54) is 17.3 Å². The molecule has 3 N–H and O–H groups in total. The van der Waals surface area contributed by atoms with E-state index < -0.39 is 17.3 Å². The number of carbonyl (C=O) groups is 1. The minimum absolute atomic E-state index is 0.142. The number of rotatable bonds is 8. The Morgan fingerprint density at radius 1 is 0.971 bits per heavy atom. The second-order valence-electron chi connectivity index (χ2n) is 8.57. The first kappa shape index (κ1) is 24.2. The molecule has 5 nitrogen and oxygen atoms in total. The molecule has 4 rings (SSSR count). The highest BCUT2D eigenvalue weighted by molar-refractivity contribution is 7.99. The SMILES string of the molecule is COc1ccc([C@H](Sc2ccccc2N)[C@@H](O)C(=O)O[C@@H]2CCCC[C@H]2c2ccccc2)cc1. The lowest BCUT2D eigenvalue weighted by molar-refractivity contribution is -0.161. The van der Waals surface area contributed by atoms with Gasteiger partial charge in [-0.1, -0.05) is 61.0 Å². The molecule has 6 heteroatoms. The first-order valence-electron chi connectivity index (χ1n) is 11.7. The molecule has 1 aliphatic carbocycles. The molecule has 3 aromatic carbocycles. The molecule has 1 aliphatic rings. The van der Waals surface area contributed by atoms with Gasteiger partial charge in [0.05, 0.1) is 12.4 Å². The van der Waals surface area contributed by atoms with E-state index in [4.69, 9.17) is 15.2 Å². The zero-order chi connectivity index (χ0) is 23.9. The summed E-state index contributed by atoms with van der Waals surface area (Å²) >= 11 is 1.36. The fourth-order valence-electron chi connectivity index (χ4n) is 4.49. The van der Waals surface area contributed by atoms with Gasteiger partial charge in [0.1, 0.15) is 11.9 Å². The quantitative estimate of drug-likeness (QED) is 0.245. The number of para-hydroxylation sites is 1. The molecule has 0 aliphatic heterocycles. The minimum Gasteiger partial charge on any atom is -0.497 e. The zero-order valence-electron chi connectivity index (χ0n) is 19.3. The first-order chi connectivity index (χ1) is 16.6. The van der Waals surface area contributed by atoms with Gasteiger partial charge in [0.25, 0.3) is 0 Å². The molecule has 0 heterocycles. The fourth-order valence-corrected chi connectivity index (χ4v) is 5.66. The molecule has 0 bridgehead atoms. The van der Waals surface area contributed by atoms with E-state index in [0.29, 0.717) is 11.4 Å². The van der Waals surface area contributed by atoms with Gasteiger partial charge in [-0.15, -0.1) is 11.8 Å². The standard InChI is InChI=1S/C28H31NO4S/c1-32-21-17-15-20(16-18-21)27(34-25-14-8-6-12-23(25)29)26(30)28(31)33-24-13-7-5-11-22(24)19-9-3-2-4-10-19/h2-4,6,8-10,12,14-18,22,24,26-27,30H,5,7,11,13,29H2,1H3/t22-,24+,26+,27-/m0/s1. The number of thioether (sulfide) groups is 1. The van der Waals surface area contributed by atoms with Crippen LogP contribution in [0.2, 0.25) is 0 Å². The molecule has 0 radical (unpaired) electrons. The largest absolute Gasteiger partial charge is 0.497 e. The van der Waals surface area contributed by atoms with Gasteiger partial charge in [-0.3, -0.25) is 0 Å². The van der Waals surface area contributed by atoms with Crippen LogP contribution in [-0.4, -0.2) is 30.4 Å².